The van der Waals surface area contributed by atoms with Crippen LogP contribution in [0.4, 0.5) is 8.78 Å². The zero-order chi connectivity index (χ0) is 18.4. The van der Waals surface area contributed by atoms with Crippen LogP contribution >= 0.6 is 0 Å². The molecule has 0 radical (unpaired) electrons. The Balaban J connectivity index is 2.10. The minimum absolute atomic E-state index is 0.0323. The van der Waals surface area contributed by atoms with E-state index < -0.39 is 11.6 Å². The zero-order valence-electron chi connectivity index (χ0n) is 14.9. The van der Waals surface area contributed by atoms with Gasteiger partial charge >= 0.3 is 0 Å². The Morgan fingerprint density at radius 1 is 1.15 bits per heavy atom. The molecule has 26 heavy (non-hydrogen) atoms. The fraction of sp³-hybridized carbons (Fsp3) is 0.300. The van der Waals surface area contributed by atoms with Crippen molar-refractivity contribution in [3.63, 3.8) is 0 Å². The van der Waals surface area contributed by atoms with Gasteiger partial charge in [0.15, 0.2) is 5.82 Å². The first-order valence-electron chi connectivity index (χ1n) is 8.55. The molecule has 0 unspecified atom stereocenters. The Kier molecular flexibility index (Phi) is 3.98. The molecule has 2 heterocycles. The van der Waals surface area contributed by atoms with Crippen molar-refractivity contribution in [1.82, 2.24) is 9.55 Å². The molecule has 0 amide bonds. The van der Waals surface area contributed by atoms with Gasteiger partial charge in [0, 0.05) is 29.0 Å². The molecule has 1 aromatic carbocycles. The maximum absolute atomic E-state index is 15.6. The standard InChI is InChI=1S/C20H19F2N3O/c1-11-8-13(9-12(2)23-11)18-16(21)10-15-17(24-26-3)6-7-25(14-4-5-14)20(15)19(18)22/h6-10,14H,4-5H2,1-3H3/b24-17-. The van der Waals surface area contributed by atoms with E-state index in [0.717, 1.165) is 24.2 Å². The van der Waals surface area contributed by atoms with Crippen LogP contribution in [0.3, 0.4) is 0 Å². The van der Waals surface area contributed by atoms with Crippen molar-refractivity contribution in [1.29, 1.82) is 0 Å². The van der Waals surface area contributed by atoms with Crippen LogP contribution in [-0.2, 0) is 4.84 Å². The first kappa shape index (κ1) is 16.7. The second-order valence-electron chi connectivity index (χ2n) is 6.70. The third-order valence-electron chi connectivity index (χ3n) is 4.62. The van der Waals surface area contributed by atoms with E-state index in [1.165, 1.54) is 13.2 Å². The summed E-state index contributed by atoms with van der Waals surface area (Å²) >= 11 is 0. The Morgan fingerprint density at radius 3 is 2.46 bits per heavy atom. The van der Waals surface area contributed by atoms with E-state index >= 15 is 4.39 Å². The van der Waals surface area contributed by atoms with E-state index in [0.29, 0.717) is 21.8 Å². The van der Waals surface area contributed by atoms with Crippen molar-refractivity contribution in [3.8, 4) is 11.1 Å². The quantitative estimate of drug-likeness (QED) is 0.654. The fourth-order valence-electron chi connectivity index (χ4n) is 3.45. The van der Waals surface area contributed by atoms with Crippen LogP contribution < -0.4 is 5.36 Å². The van der Waals surface area contributed by atoms with Crippen molar-refractivity contribution in [2.24, 2.45) is 5.16 Å². The predicted molar refractivity (Wildman–Crippen MR) is 95.4 cm³/mol. The molecule has 0 saturated heterocycles. The van der Waals surface area contributed by atoms with Crippen LogP contribution in [0.5, 0.6) is 0 Å². The van der Waals surface area contributed by atoms with Gasteiger partial charge in [-0.05, 0) is 56.5 Å². The molecule has 0 spiro atoms. The molecule has 3 aromatic rings. The van der Waals surface area contributed by atoms with E-state index in [4.69, 9.17) is 4.84 Å². The van der Waals surface area contributed by atoms with Gasteiger partial charge in [-0.15, -0.1) is 0 Å². The van der Waals surface area contributed by atoms with Gasteiger partial charge in [-0.25, -0.2) is 8.78 Å². The largest absolute Gasteiger partial charge is 0.399 e. The van der Waals surface area contributed by atoms with Gasteiger partial charge in [-0.3, -0.25) is 4.98 Å². The smallest absolute Gasteiger partial charge is 0.158 e. The predicted octanol–water partition coefficient (Wildman–Crippen LogP) is 4.40. The van der Waals surface area contributed by atoms with Gasteiger partial charge in [0.25, 0.3) is 0 Å². The van der Waals surface area contributed by atoms with Gasteiger partial charge in [0.05, 0.1) is 11.1 Å². The number of nitrogens with zero attached hydrogens (tertiary/aromatic N) is 3. The van der Waals surface area contributed by atoms with E-state index in [9.17, 15) is 4.39 Å². The summed E-state index contributed by atoms with van der Waals surface area (Å²) in [7, 11) is 1.41. The average Bonchev–Trinajstić information content (AvgIpc) is 3.39. The minimum Gasteiger partial charge on any atom is -0.399 e. The number of pyridine rings is 2. The van der Waals surface area contributed by atoms with Crippen molar-refractivity contribution >= 4 is 10.9 Å². The summed E-state index contributed by atoms with van der Waals surface area (Å²) in [6.07, 6.45) is 3.77. The highest BCUT2D eigenvalue weighted by Crippen LogP contribution is 2.39. The van der Waals surface area contributed by atoms with Crippen LogP contribution in [0.15, 0.2) is 35.6 Å². The number of hydrogen-bond donors (Lipinski definition) is 0. The summed E-state index contributed by atoms with van der Waals surface area (Å²) in [5, 5.41) is 4.73. The number of benzene rings is 1. The van der Waals surface area contributed by atoms with Crippen LogP contribution in [0.1, 0.15) is 30.3 Å². The van der Waals surface area contributed by atoms with E-state index in [1.807, 2.05) is 18.4 Å². The van der Waals surface area contributed by atoms with Gasteiger partial charge in [-0.2, -0.15) is 0 Å². The lowest BCUT2D eigenvalue weighted by Gasteiger charge is -2.15. The molecule has 1 aliphatic rings. The summed E-state index contributed by atoms with van der Waals surface area (Å²) in [5.41, 5.74) is 2.25. The monoisotopic (exact) mass is 355 g/mol. The van der Waals surface area contributed by atoms with Gasteiger partial charge in [0.2, 0.25) is 0 Å². The first-order valence-corrected chi connectivity index (χ1v) is 8.55. The van der Waals surface area contributed by atoms with E-state index in [2.05, 4.69) is 10.1 Å². The molecule has 0 atom stereocenters. The summed E-state index contributed by atoms with van der Waals surface area (Å²) in [5.74, 6) is -1.20. The lowest BCUT2D eigenvalue weighted by atomic mass is 10.0. The normalized spacial score (nSPS) is 14.9. The maximum Gasteiger partial charge on any atom is 0.158 e. The second-order valence-corrected chi connectivity index (χ2v) is 6.70. The van der Waals surface area contributed by atoms with Crippen molar-refractivity contribution < 1.29 is 13.6 Å². The SMILES string of the molecule is CO/N=c1/ccn(C2CC2)c2c(F)c(-c3cc(C)nc(C)c3)c(F)cc12. The molecule has 0 aliphatic heterocycles. The van der Waals surface area contributed by atoms with Crippen LogP contribution in [0.2, 0.25) is 0 Å². The summed E-state index contributed by atoms with van der Waals surface area (Å²) in [4.78, 5) is 9.13. The molecule has 134 valence electrons. The highest BCUT2D eigenvalue weighted by Gasteiger charge is 2.27. The molecule has 4 rings (SSSR count). The Labute approximate surface area is 149 Å². The highest BCUT2D eigenvalue weighted by molar-refractivity contribution is 5.86. The van der Waals surface area contributed by atoms with Crippen LogP contribution in [0, 0.1) is 25.5 Å². The molecule has 1 aliphatic carbocycles. The van der Waals surface area contributed by atoms with Gasteiger partial charge < -0.3 is 9.40 Å². The summed E-state index contributed by atoms with van der Waals surface area (Å²) in [6, 6.07) is 6.71. The number of fused-ring (bicyclic) bond motifs is 1. The third-order valence-corrected chi connectivity index (χ3v) is 4.62. The molecule has 4 nitrogen and oxygen atoms in total. The van der Waals surface area contributed by atoms with Crippen molar-refractivity contribution in [2.75, 3.05) is 7.11 Å². The van der Waals surface area contributed by atoms with Crippen molar-refractivity contribution in [2.45, 2.75) is 32.7 Å². The fourth-order valence-corrected chi connectivity index (χ4v) is 3.45. The van der Waals surface area contributed by atoms with Gasteiger partial charge in [0.1, 0.15) is 18.3 Å². The Morgan fingerprint density at radius 2 is 1.85 bits per heavy atom. The topological polar surface area (TPSA) is 39.4 Å². The first-order chi connectivity index (χ1) is 12.5. The third kappa shape index (κ3) is 2.75. The molecule has 1 saturated carbocycles. The molecule has 6 heteroatoms. The zero-order valence-corrected chi connectivity index (χ0v) is 14.9. The van der Waals surface area contributed by atoms with E-state index in [-0.39, 0.29) is 11.6 Å². The molecule has 2 aromatic heterocycles. The lowest BCUT2D eigenvalue weighted by Crippen LogP contribution is -2.12. The van der Waals surface area contributed by atoms with Gasteiger partial charge in [-0.1, -0.05) is 5.16 Å². The maximum atomic E-state index is 15.6. The number of halogens is 2. The van der Waals surface area contributed by atoms with Crippen LogP contribution in [0.25, 0.3) is 22.0 Å². The number of aromatic nitrogens is 2. The number of rotatable bonds is 3. The van der Waals surface area contributed by atoms with Crippen LogP contribution in [-0.4, -0.2) is 16.7 Å². The average molecular weight is 355 g/mol. The lowest BCUT2D eigenvalue weighted by molar-refractivity contribution is 0.201. The molecular formula is C20H19F2N3O. The van der Waals surface area contributed by atoms with Crippen molar-refractivity contribution in [3.05, 3.63) is 58.8 Å². The minimum atomic E-state index is -0.624. The Hall–Kier alpha value is -2.76. The Bertz CT molecular complexity index is 1060. The number of aryl methyl sites for hydroxylation is 2. The molecule has 1 fully saturated rings. The summed E-state index contributed by atoms with van der Waals surface area (Å²) in [6.45, 7) is 3.63. The molecular weight excluding hydrogens is 336 g/mol. The second kappa shape index (κ2) is 6.20. The van der Waals surface area contributed by atoms with E-state index in [1.54, 1.807) is 24.4 Å². The molecule has 0 N–H and O–H groups in total. The highest BCUT2D eigenvalue weighted by atomic mass is 19.1. The summed E-state index contributed by atoms with van der Waals surface area (Å²) < 4.78 is 32.4. The molecule has 0 bridgehead atoms. The number of hydrogen-bond acceptors (Lipinski definition) is 3.